The van der Waals surface area contributed by atoms with Gasteiger partial charge in [-0.05, 0) is 39.5 Å². The SMILES string of the molecule is CCCN1/C(=N\C=C(C)C)C2CCC1C2. The van der Waals surface area contributed by atoms with Crippen LogP contribution in [0, 0.1) is 5.92 Å². The molecule has 0 aromatic carbocycles. The Balaban J connectivity index is 2.14. The summed E-state index contributed by atoms with van der Waals surface area (Å²) >= 11 is 0. The van der Waals surface area contributed by atoms with Crippen molar-refractivity contribution >= 4 is 5.84 Å². The van der Waals surface area contributed by atoms with Crippen LogP contribution < -0.4 is 0 Å². The van der Waals surface area contributed by atoms with E-state index in [4.69, 9.17) is 0 Å². The molecule has 84 valence electrons. The summed E-state index contributed by atoms with van der Waals surface area (Å²) in [6, 6.07) is 0.805. The number of nitrogens with zero attached hydrogens (tertiary/aromatic N) is 2. The van der Waals surface area contributed by atoms with Crippen molar-refractivity contribution in [3.63, 3.8) is 0 Å². The van der Waals surface area contributed by atoms with Gasteiger partial charge in [-0.3, -0.25) is 0 Å². The van der Waals surface area contributed by atoms with Crippen LogP contribution in [0.1, 0.15) is 46.5 Å². The number of amidine groups is 1. The lowest BCUT2D eigenvalue weighted by atomic mass is 10.1. The molecule has 2 unspecified atom stereocenters. The Morgan fingerprint density at radius 2 is 2.27 bits per heavy atom. The molecule has 2 rings (SSSR count). The summed E-state index contributed by atoms with van der Waals surface area (Å²) in [6.45, 7) is 7.67. The van der Waals surface area contributed by atoms with E-state index in [-0.39, 0.29) is 0 Å². The summed E-state index contributed by atoms with van der Waals surface area (Å²) in [4.78, 5) is 7.24. The summed E-state index contributed by atoms with van der Waals surface area (Å²) < 4.78 is 0. The van der Waals surface area contributed by atoms with Gasteiger partial charge in [-0.2, -0.15) is 0 Å². The Morgan fingerprint density at radius 1 is 1.47 bits per heavy atom. The molecule has 0 amide bonds. The first-order valence-electron chi connectivity index (χ1n) is 6.20. The van der Waals surface area contributed by atoms with Crippen molar-refractivity contribution in [2.24, 2.45) is 10.9 Å². The van der Waals surface area contributed by atoms with Crippen LogP contribution in [0.15, 0.2) is 16.8 Å². The highest BCUT2D eigenvalue weighted by atomic mass is 15.2. The smallest absolute Gasteiger partial charge is 0.107 e. The third kappa shape index (κ3) is 2.09. The lowest BCUT2D eigenvalue weighted by Crippen LogP contribution is -2.37. The lowest BCUT2D eigenvalue weighted by Gasteiger charge is -2.29. The molecule has 1 aliphatic heterocycles. The van der Waals surface area contributed by atoms with Gasteiger partial charge in [0, 0.05) is 24.7 Å². The fraction of sp³-hybridized carbons (Fsp3) is 0.769. The van der Waals surface area contributed by atoms with Gasteiger partial charge in [0.05, 0.1) is 0 Å². The summed E-state index contributed by atoms with van der Waals surface area (Å²) in [6.07, 6.45) is 7.37. The monoisotopic (exact) mass is 206 g/mol. The minimum Gasteiger partial charge on any atom is -0.357 e. The van der Waals surface area contributed by atoms with Gasteiger partial charge in [0.15, 0.2) is 0 Å². The van der Waals surface area contributed by atoms with Crippen LogP contribution in [-0.2, 0) is 0 Å². The zero-order valence-electron chi connectivity index (χ0n) is 10.2. The Hall–Kier alpha value is -0.790. The third-order valence-electron chi connectivity index (χ3n) is 3.42. The first-order valence-corrected chi connectivity index (χ1v) is 6.20. The Kier molecular flexibility index (Phi) is 3.13. The predicted molar refractivity (Wildman–Crippen MR) is 65.0 cm³/mol. The number of hydrogen-bond acceptors (Lipinski definition) is 1. The van der Waals surface area contributed by atoms with Gasteiger partial charge >= 0.3 is 0 Å². The van der Waals surface area contributed by atoms with E-state index >= 15 is 0 Å². The second kappa shape index (κ2) is 4.38. The number of fused-ring (bicyclic) bond motifs is 2. The maximum absolute atomic E-state index is 4.69. The van der Waals surface area contributed by atoms with Crippen LogP contribution in [0.3, 0.4) is 0 Å². The predicted octanol–water partition coefficient (Wildman–Crippen LogP) is 3.20. The molecule has 0 spiro atoms. The highest BCUT2D eigenvalue weighted by Crippen LogP contribution is 2.39. The van der Waals surface area contributed by atoms with E-state index in [1.807, 2.05) is 6.20 Å². The molecule has 2 fully saturated rings. The first kappa shape index (κ1) is 10.7. The molecule has 0 radical (unpaired) electrons. The van der Waals surface area contributed by atoms with E-state index in [9.17, 15) is 0 Å². The average molecular weight is 206 g/mol. The maximum Gasteiger partial charge on any atom is 0.107 e. The van der Waals surface area contributed by atoms with Crippen molar-refractivity contribution in [1.82, 2.24) is 4.90 Å². The minimum atomic E-state index is 0.761. The molecule has 1 heterocycles. The molecule has 2 atom stereocenters. The maximum atomic E-state index is 4.69. The van der Waals surface area contributed by atoms with E-state index in [0.29, 0.717) is 0 Å². The van der Waals surface area contributed by atoms with Crippen LogP contribution in [0.2, 0.25) is 0 Å². The van der Waals surface area contributed by atoms with Gasteiger partial charge < -0.3 is 4.90 Å². The van der Waals surface area contributed by atoms with Crippen LogP contribution >= 0.6 is 0 Å². The standard InChI is InChI=1S/C13H22N2/c1-4-7-15-12-6-5-11(8-12)13(15)14-9-10(2)3/h9,11-12H,4-8H2,1-3H3/b14-13-. The molecular weight excluding hydrogens is 184 g/mol. The lowest BCUT2D eigenvalue weighted by molar-refractivity contribution is 0.327. The number of aliphatic imine (C=N–C) groups is 1. The van der Waals surface area contributed by atoms with E-state index in [1.165, 1.54) is 43.6 Å². The van der Waals surface area contributed by atoms with Crippen molar-refractivity contribution in [2.45, 2.75) is 52.5 Å². The van der Waals surface area contributed by atoms with E-state index in [0.717, 1.165) is 12.0 Å². The van der Waals surface area contributed by atoms with Gasteiger partial charge in [-0.25, -0.2) is 4.99 Å². The molecule has 2 bridgehead atoms. The van der Waals surface area contributed by atoms with E-state index in [1.54, 1.807) is 0 Å². The Labute approximate surface area is 93.1 Å². The van der Waals surface area contributed by atoms with Crippen molar-refractivity contribution in [2.75, 3.05) is 6.54 Å². The second-order valence-corrected chi connectivity index (χ2v) is 5.05. The molecule has 1 saturated heterocycles. The van der Waals surface area contributed by atoms with Gasteiger partial charge in [0.25, 0.3) is 0 Å². The molecule has 1 aliphatic carbocycles. The van der Waals surface area contributed by atoms with Gasteiger partial charge in [-0.15, -0.1) is 0 Å². The quantitative estimate of drug-likeness (QED) is 0.692. The van der Waals surface area contributed by atoms with Crippen LogP contribution in [-0.4, -0.2) is 23.3 Å². The van der Waals surface area contributed by atoms with Crippen molar-refractivity contribution in [3.05, 3.63) is 11.8 Å². The zero-order chi connectivity index (χ0) is 10.8. The largest absolute Gasteiger partial charge is 0.357 e. The van der Waals surface area contributed by atoms with Crippen molar-refractivity contribution in [3.8, 4) is 0 Å². The fourth-order valence-electron chi connectivity index (χ4n) is 2.81. The minimum absolute atomic E-state index is 0.761. The molecule has 0 aromatic heterocycles. The highest BCUT2D eigenvalue weighted by molar-refractivity contribution is 5.88. The molecule has 2 aliphatic rings. The topological polar surface area (TPSA) is 15.6 Å². The highest BCUT2D eigenvalue weighted by Gasteiger charge is 2.41. The summed E-state index contributed by atoms with van der Waals surface area (Å²) in [5.74, 6) is 2.13. The normalized spacial score (nSPS) is 31.4. The molecule has 2 heteroatoms. The number of rotatable bonds is 3. The first-order chi connectivity index (χ1) is 7.22. The van der Waals surface area contributed by atoms with Crippen molar-refractivity contribution < 1.29 is 0 Å². The van der Waals surface area contributed by atoms with Gasteiger partial charge in [0.1, 0.15) is 5.84 Å². The third-order valence-corrected chi connectivity index (χ3v) is 3.42. The number of allylic oxidation sites excluding steroid dienone is 1. The molecule has 0 N–H and O–H groups in total. The molecule has 15 heavy (non-hydrogen) atoms. The second-order valence-electron chi connectivity index (χ2n) is 5.05. The Bertz CT molecular complexity index is 287. The molecule has 1 saturated carbocycles. The zero-order valence-corrected chi connectivity index (χ0v) is 10.2. The molecule has 0 aromatic rings. The number of hydrogen-bond donors (Lipinski definition) is 0. The van der Waals surface area contributed by atoms with Crippen molar-refractivity contribution in [1.29, 1.82) is 0 Å². The number of likely N-dealkylation sites (tertiary alicyclic amines) is 1. The Morgan fingerprint density at radius 3 is 2.93 bits per heavy atom. The van der Waals surface area contributed by atoms with Gasteiger partial charge in [0.2, 0.25) is 0 Å². The van der Waals surface area contributed by atoms with E-state index < -0.39 is 0 Å². The van der Waals surface area contributed by atoms with Crippen LogP contribution in [0.4, 0.5) is 0 Å². The fourth-order valence-corrected chi connectivity index (χ4v) is 2.81. The van der Waals surface area contributed by atoms with Crippen LogP contribution in [0.5, 0.6) is 0 Å². The molecule has 2 nitrogen and oxygen atoms in total. The summed E-state index contributed by atoms with van der Waals surface area (Å²) in [7, 11) is 0. The van der Waals surface area contributed by atoms with Gasteiger partial charge in [-0.1, -0.05) is 12.5 Å². The average Bonchev–Trinajstić information content (AvgIpc) is 2.76. The number of piperidine rings is 1. The summed E-state index contributed by atoms with van der Waals surface area (Å²) in [5, 5.41) is 0. The summed E-state index contributed by atoms with van der Waals surface area (Å²) in [5.41, 5.74) is 1.29. The molecular formula is C13H22N2. The van der Waals surface area contributed by atoms with E-state index in [2.05, 4.69) is 30.7 Å². The van der Waals surface area contributed by atoms with Crippen LogP contribution in [0.25, 0.3) is 0 Å².